The first-order valence-electron chi connectivity index (χ1n) is 6.50. The minimum Gasteiger partial charge on any atom is -0.480 e. The van der Waals surface area contributed by atoms with Gasteiger partial charge in [0.05, 0.1) is 0 Å². The molecule has 0 spiro atoms. The highest BCUT2D eigenvalue weighted by molar-refractivity contribution is 5.85. The first kappa shape index (κ1) is 14.0. The number of carbonyl (C=O) groups is 2. The molecule has 0 heterocycles. The molecule has 1 saturated carbocycles. The van der Waals surface area contributed by atoms with Gasteiger partial charge in [0.1, 0.15) is 6.04 Å². The topological polar surface area (TPSA) is 66.4 Å². The summed E-state index contributed by atoms with van der Waals surface area (Å²) in [5.41, 5.74) is 0. The Morgan fingerprint density at radius 3 is 2.29 bits per heavy atom. The summed E-state index contributed by atoms with van der Waals surface area (Å²) in [7, 11) is 0. The van der Waals surface area contributed by atoms with Crippen LogP contribution in [0, 0.1) is 17.8 Å². The summed E-state index contributed by atoms with van der Waals surface area (Å²) >= 11 is 0. The Hall–Kier alpha value is -1.06. The number of aliphatic carboxylic acids is 1. The van der Waals surface area contributed by atoms with Gasteiger partial charge >= 0.3 is 5.97 Å². The zero-order valence-corrected chi connectivity index (χ0v) is 10.9. The van der Waals surface area contributed by atoms with Crippen molar-refractivity contribution in [1.82, 2.24) is 5.32 Å². The van der Waals surface area contributed by atoms with Gasteiger partial charge in [-0.25, -0.2) is 4.79 Å². The van der Waals surface area contributed by atoms with Crippen molar-refractivity contribution >= 4 is 11.9 Å². The summed E-state index contributed by atoms with van der Waals surface area (Å²) in [6.07, 6.45) is 3.59. The number of rotatable bonds is 7. The molecule has 98 valence electrons. The van der Waals surface area contributed by atoms with Crippen molar-refractivity contribution < 1.29 is 14.7 Å². The maximum Gasteiger partial charge on any atom is 0.326 e. The second-order valence-corrected chi connectivity index (χ2v) is 5.30. The van der Waals surface area contributed by atoms with E-state index in [9.17, 15) is 9.59 Å². The summed E-state index contributed by atoms with van der Waals surface area (Å²) < 4.78 is 0. The van der Waals surface area contributed by atoms with Crippen LogP contribution in [-0.4, -0.2) is 23.0 Å². The van der Waals surface area contributed by atoms with Gasteiger partial charge in [0.2, 0.25) is 5.91 Å². The fourth-order valence-corrected chi connectivity index (χ4v) is 2.15. The molecule has 4 nitrogen and oxygen atoms in total. The van der Waals surface area contributed by atoms with Crippen LogP contribution >= 0.6 is 0 Å². The first-order chi connectivity index (χ1) is 7.97. The quantitative estimate of drug-likeness (QED) is 0.716. The highest BCUT2D eigenvalue weighted by Crippen LogP contribution is 2.33. The average Bonchev–Trinajstić information content (AvgIpc) is 3.04. The maximum absolute atomic E-state index is 12.0. The van der Waals surface area contributed by atoms with E-state index in [1.165, 1.54) is 0 Å². The molecule has 2 atom stereocenters. The van der Waals surface area contributed by atoms with Crippen LogP contribution in [0.1, 0.15) is 46.5 Å². The van der Waals surface area contributed by atoms with Crippen molar-refractivity contribution in [2.75, 3.05) is 0 Å². The lowest BCUT2D eigenvalue weighted by atomic mass is 9.90. The fourth-order valence-electron chi connectivity index (χ4n) is 2.15. The van der Waals surface area contributed by atoms with E-state index in [2.05, 4.69) is 5.32 Å². The third-order valence-electron chi connectivity index (χ3n) is 3.40. The largest absolute Gasteiger partial charge is 0.480 e. The van der Waals surface area contributed by atoms with E-state index >= 15 is 0 Å². The molecule has 1 aliphatic rings. The molecule has 0 aromatic rings. The second-order valence-electron chi connectivity index (χ2n) is 5.30. The summed E-state index contributed by atoms with van der Waals surface area (Å²) in [4.78, 5) is 23.1. The van der Waals surface area contributed by atoms with E-state index in [0.717, 1.165) is 25.7 Å². The summed E-state index contributed by atoms with van der Waals surface area (Å²) in [6.45, 7) is 6.05. The predicted octanol–water partition coefficient (Wildman–Crippen LogP) is 2.04. The molecule has 0 saturated heterocycles. The number of carboxylic acid groups (broad SMARTS) is 1. The molecule has 1 rings (SSSR count). The van der Waals surface area contributed by atoms with Gasteiger partial charge in [-0.1, -0.05) is 27.2 Å². The summed E-state index contributed by atoms with van der Waals surface area (Å²) in [6, 6.07) is -0.680. The molecule has 1 fully saturated rings. The first-order valence-corrected chi connectivity index (χ1v) is 6.50. The SMILES string of the molecule is CCCC(C(=O)NC(C(=O)O)C1CC1)C(C)C. The molecule has 2 N–H and O–H groups in total. The molecule has 1 aliphatic carbocycles. The minimum atomic E-state index is -0.903. The number of carbonyl (C=O) groups excluding carboxylic acids is 1. The summed E-state index contributed by atoms with van der Waals surface area (Å²) in [5.74, 6) is -0.670. The van der Waals surface area contributed by atoms with Crippen LogP contribution in [0.25, 0.3) is 0 Å². The third-order valence-corrected chi connectivity index (χ3v) is 3.40. The fraction of sp³-hybridized carbons (Fsp3) is 0.846. The monoisotopic (exact) mass is 241 g/mol. The average molecular weight is 241 g/mol. The van der Waals surface area contributed by atoms with Gasteiger partial charge in [-0.2, -0.15) is 0 Å². The molecule has 0 aliphatic heterocycles. The number of hydrogen-bond acceptors (Lipinski definition) is 2. The van der Waals surface area contributed by atoms with Crippen LogP contribution in [0.4, 0.5) is 0 Å². The van der Waals surface area contributed by atoms with Crippen molar-refractivity contribution in [2.45, 2.75) is 52.5 Å². The van der Waals surface area contributed by atoms with Crippen LogP contribution in [0.3, 0.4) is 0 Å². The molecule has 4 heteroatoms. The Labute approximate surface area is 103 Å². The third kappa shape index (κ3) is 4.02. The van der Waals surface area contributed by atoms with Gasteiger partial charge in [0.25, 0.3) is 0 Å². The molecule has 0 radical (unpaired) electrons. The Bertz CT molecular complexity index is 284. The number of amides is 1. The molecular formula is C13H23NO3. The number of nitrogens with one attached hydrogen (secondary N) is 1. The Morgan fingerprint density at radius 2 is 1.94 bits per heavy atom. The van der Waals surface area contributed by atoms with Crippen LogP contribution in [0.15, 0.2) is 0 Å². The van der Waals surface area contributed by atoms with E-state index < -0.39 is 12.0 Å². The van der Waals surface area contributed by atoms with Gasteiger partial charge in [-0.05, 0) is 31.1 Å². The van der Waals surface area contributed by atoms with E-state index in [1.54, 1.807) is 0 Å². The van der Waals surface area contributed by atoms with Crippen LogP contribution in [0.2, 0.25) is 0 Å². The molecular weight excluding hydrogens is 218 g/mol. The lowest BCUT2D eigenvalue weighted by Crippen LogP contribution is -2.46. The lowest BCUT2D eigenvalue weighted by molar-refractivity contribution is -0.143. The predicted molar refractivity (Wildman–Crippen MR) is 65.5 cm³/mol. The van der Waals surface area contributed by atoms with Crippen molar-refractivity contribution in [3.05, 3.63) is 0 Å². The van der Waals surface area contributed by atoms with Crippen molar-refractivity contribution in [1.29, 1.82) is 0 Å². The van der Waals surface area contributed by atoms with Gasteiger partial charge in [0.15, 0.2) is 0 Å². The zero-order chi connectivity index (χ0) is 13.0. The molecule has 0 bridgehead atoms. The van der Waals surface area contributed by atoms with E-state index in [4.69, 9.17) is 5.11 Å². The highest BCUT2D eigenvalue weighted by atomic mass is 16.4. The maximum atomic E-state index is 12.0. The van der Waals surface area contributed by atoms with Crippen LogP contribution in [-0.2, 0) is 9.59 Å². The van der Waals surface area contributed by atoms with Crippen LogP contribution in [0.5, 0.6) is 0 Å². The molecule has 1 amide bonds. The zero-order valence-electron chi connectivity index (χ0n) is 10.9. The highest BCUT2D eigenvalue weighted by Gasteiger charge is 2.38. The van der Waals surface area contributed by atoms with Crippen molar-refractivity contribution in [2.24, 2.45) is 17.8 Å². The van der Waals surface area contributed by atoms with E-state index in [-0.39, 0.29) is 23.7 Å². The van der Waals surface area contributed by atoms with E-state index in [1.807, 2.05) is 20.8 Å². The number of carboxylic acids is 1. The van der Waals surface area contributed by atoms with Gasteiger partial charge in [-0.15, -0.1) is 0 Å². The van der Waals surface area contributed by atoms with Gasteiger partial charge in [0, 0.05) is 5.92 Å². The van der Waals surface area contributed by atoms with Crippen molar-refractivity contribution in [3.63, 3.8) is 0 Å². The van der Waals surface area contributed by atoms with E-state index in [0.29, 0.717) is 0 Å². The van der Waals surface area contributed by atoms with Crippen LogP contribution < -0.4 is 5.32 Å². The number of hydrogen-bond donors (Lipinski definition) is 2. The Balaban J connectivity index is 2.57. The summed E-state index contributed by atoms with van der Waals surface area (Å²) in [5, 5.41) is 11.8. The lowest BCUT2D eigenvalue weighted by Gasteiger charge is -2.22. The molecule has 2 unspecified atom stereocenters. The van der Waals surface area contributed by atoms with Gasteiger partial charge in [-0.3, -0.25) is 4.79 Å². The Morgan fingerprint density at radius 1 is 1.35 bits per heavy atom. The molecule has 0 aromatic heterocycles. The van der Waals surface area contributed by atoms with Crippen molar-refractivity contribution in [3.8, 4) is 0 Å². The normalized spacial score (nSPS) is 18.8. The Kier molecular flexibility index (Phi) is 4.97. The standard InChI is InChI=1S/C13H23NO3/c1-4-5-10(8(2)3)12(15)14-11(13(16)17)9-6-7-9/h8-11H,4-7H2,1-3H3,(H,14,15)(H,16,17). The minimum absolute atomic E-state index is 0.0689. The molecule has 0 aromatic carbocycles. The second kappa shape index (κ2) is 6.03. The van der Waals surface area contributed by atoms with Gasteiger partial charge < -0.3 is 10.4 Å². The molecule has 17 heavy (non-hydrogen) atoms. The smallest absolute Gasteiger partial charge is 0.326 e.